The maximum Gasteiger partial charge on any atom is 0.320 e. The number of hydrogen-bond acceptors (Lipinski definition) is 5. The van der Waals surface area contributed by atoms with Crippen LogP contribution >= 0.6 is 11.3 Å². The van der Waals surface area contributed by atoms with E-state index < -0.39 is 6.03 Å². The van der Waals surface area contributed by atoms with E-state index in [1.54, 1.807) is 18.4 Å². The summed E-state index contributed by atoms with van der Waals surface area (Å²) in [4.78, 5) is 14.4. The van der Waals surface area contributed by atoms with Crippen LogP contribution in [-0.4, -0.2) is 24.1 Å². The Morgan fingerprint density at radius 1 is 1.35 bits per heavy atom. The molecule has 1 aromatic heterocycles. The Hall–Kier alpha value is -2.67. The number of thiophene rings is 1. The molecule has 2 aromatic rings. The van der Waals surface area contributed by atoms with Gasteiger partial charge in [-0.05, 0) is 43.0 Å². The molecule has 1 aromatic carbocycles. The van der Waals surface area contributed by atoms with Gasteiger partial charge in [-0.1, -0.05) is 12.1 Å². The minimum absolute atomic E-state index is 0.381. The Morgan fingerprint density at radius 3 is 2.77 bits per heavy atom. The van der Waals surface area contributed by atoms with Crippen molar-refractivity contribution in [1.29, 1.82) is 0 Å². The Kier molecular flexibility index (Phi) is 4.03. The Balaban J connectivity index is 1.84. The number of nitrogens with zero attached hydrogens (tertiary/aromatic N) is 1. The summed E-state index contributed by atoms with van der Waals surface area (Å²) < 4.78 is 5.46. The highest BCUT2D eigenvalue weighted by atomic mass is 32.1. The number of primary amides is 1. The van der Waals surface area contributed by atoms with Gasteiger partial charge in [-0.25, -0.2) is 4.79 Å². The molecule has 1 aliphatic heterocycles. The largest absolute Gasteiger partial charge is 0.496 e. The van der Waals surface area contributed by atoms with Crippen LogP contribution in [-0.2, 0) is 6.54 Å². The minimum atomic E-state index is -0.546. The first-order valence-corrected chi connectivity index (χ1v) is 9.41. The van der Waals surface area contributed by atoms with Crippen LogP contribution in [0.5, 0.6) is 5.75 Å². The van der Waals surface area contributed by atoms with E-state index in [0.29, 0.717) is 18.4 Å². The molecule has 1 fully saturated rings. The highest BCUT2D eigenvalue weighted by Crippen LogP contribution is 2.42. The van der Waals surface area contributed by atoms with E-state index in [0.717, 1.165) is 37.9 Å². The number of benzene rings is 1. The molecule has 4 rings (SSSR count). The zero-order valence-electron chi connectivity index (χ0n) is 14.8. The molecule has 6 nitrogen and oxygen atoms in total. The van der Waals surface area contributed by atoms with Crippen LogP contribution in [0.4, 0.5) is 9.80 Å². The molecule has 26 heavy (non-hydrogen) atoms. The van der Waals surface area contributed by atoms with Crippen molar-refractivity contribution in [2.24, 2.45) is 11.5 Å². The topological polar surface area (TPSA) is 93.6 Å². The predicted octanol–water partition coefficient (Wildman–Crippen LogP) is 3.21. The second-order valence-electron chi connectivity index (χ2n) is 6.74. The summed E-state index contributed by atoms with van der Waals surface area (Å²) in [5, 5.41) is 4.64. The number of amides is 2. The number of ether oxygens (including phenoxy) is 1. The van der Waals surface area contributed by atoms with Gasteiger partial charge < -0.3 is 21.5 Å². The van der Waals surface area contributed by atoms with Crippen molar-refractivity contribution in [3.63, 3.8) is 0 Å². The smallest absolute Gasteiger partial charge is 0.320 e. The highest BCUT2D eigenvalue weighted by molar-refractivity contribution is 7.16. The molecule has 0 radical (unpaired) electrons. The Bertz CT molecular complexity index is 914. The summed E-state index contributed by atoms with van der Waals surface area (Å²) in [6.07, 6.45) is 2.41. The molecular weight excluding hydrogens is 348 g/mol. The predicted molar refractivity (Wildman–Crippen MR) is 104 cm³/mol. The van der Waals surface area contributed by atoms with Crippen LogP contribution in [0.1, 0.15) is 34.4 Å². The van der Waals surface area contributed by atoms with Crippen LogP contribution < -0.4 is 21.5 Å². The molecule has 2 aliphatic rings. The van der Waals surface area contributed by atoms with Crippen molar-refractivity contribution >= 4 is 27.9 Å². The summed E-state index contributed by atoms with van der Waals surface area (Å²) >= 11 is 1.66. The van der Waals surface area contributed by atoms with Crippen LogP contribution in [0, 0.1) is 6.92 Å². The fraction of sp³-hybridized carbons (Fsp3) is 0.316. The van der Waals surface area contributed by atoms with E-state index in [1.165, 1.54) is 17.7 Å². The highest BCUT2D eigenvalue weighted by Gasteiger charge is 2.30. The van der Waals surface area contributed by atoms with Gasteiger partial charge in [0.05, 0.1) is 18.7 Å². The molecule has 2 amide bonds. The number of nitrogens with one attached hydrogen (secondary N) is 1. The average molecular weight is 370 g/mol. The first kappa shape index (κ1) is 16.8. The normalized spacial score (nSPS) is 16.5. The van der Waals surface area contributed by atoms with Crippen molar-refractivity contribution in [3.05, 3.63) is 51.7 Å². The van der Waals surface area contributed by atoms with Crippen molar-refractivity contribution < 1.29 is 9.53 Å². The van der Waals surface area contributed by atoms with Gasteiger partial charge in [0, 0.05) is 22.1 Å². The third-order valence-electron chi connectivity index (χ3n) is 4.81. The van der Waals surface area contributed by atoms with Gasteiger partial charge in [-0.3, -0.25) is 4.90 Å². The molecule has 1 saturated carbocycles. The molecule has 136 valence electrons. The monoisotopic (exact) mass is 370 g/mol. The van der Waals surface area contributed by atoms with Crippen molar-refractivity contribution in [2.45, 2.75) is 32.4 Å². The standard InChI is InChI=1S/C19H22N4O2S/c1-10-3-4-11(7-14(10)25-2)17-13-8-16(22-12-5-6-12)26-15(13)9-23(18(17)20)19(21)24/h3-4,7-8,12,22H,5-6,9,20H2,1-2H3,(H2,21,24). The minimum Gasteiger partial charge on any atom is -0.496 e. The lowest BCUT2D eigenvalue weighted by atomic mass is 9.94. The van der Waals surface area contributed by atoms with Crippen LogP contribution in [0.25, 0.3) is 5.57 Å². The van der Waals surface area contributed by atoms with E-state index in [9.17, 15) is 4.79 Å². The molecule has 7 heteroatoms. The molecule has 0 atom stereocenters. The first-order valence-electron chi connectivity index (χ1n) is 8.59. The Labute approximate surface area is 156 Å². The lowest BCUT2D eigenvalue weighted by molar-refractivity contribution is 0.218. The van der Waals surface area contributed by atoms with E-state index in [-0.39, 0.29) is 0 Å². The van der Waals surface area contributed by atoms with Crippen LogP contribution in [0.2, 0.25) is 0 Å². The number of carbonyl (C=O) groups excluding carboxylic acids is 1. The number of nitrogens with two attached hydrogens (primary N) is 2. The van der Waals surface area contributed by atoms with Crippen LogP contribution in [0.3, 0.4) is 0 Å². The fourth-order valence-corrected chi connectivity index (χ4v) is 4.37. The number of carbonyl (C=O) groups is 1. The molecule has 0 unspecified atom stereocenters. The van der Waals surface area contributed by atoms with E-state index >= 15 is 0 Å². The quantitative estimate of drug-likeness (QED) is 0.770. The second kappa shape index (κ2) is 6.25. The molecule has 5 N–H and O–H groups in total. The number of fused-ring (bicyclic) bond motifs is 1. The van der Waals surface area contributed by atoms with Gasteiger partial charge in [-0.2, -0.15) is 0 Å². The van der Waals surface area contributed by atoms with Crippen molar-refractivity contribution in [1.82, 2.24) is 4.90 Å². The van der Waals surface area contributed by atoms with Gasteiger partial charge >= 0.3 is 6.03 Å². The average Bonchev–Trinajstić information content (AvgIpc) is 3.32. The van der Waals surface area contributed by atoms with Crippen molar-refractivity contribution in [2.75, 3.05) is 12.4 Å². The third kappa shape index (κ3) is 2.88. The van der Waals surface area contributed by atoms with Crippen LogP contribution in [0.15, 0.2) is 30.1 Å². The van der Waals surface area contributed by atoms with Gasteiger partial charge in [0.15, 0.2) is 0 Å². The van der Waals surface area contributed by atoms with Gasteiger partial charge in [0.1, 0.15) is 11.6 Å². The van der Waals surface area contributed by atoms with E-state index in [2.05, 4.69) is 11.4 Å². The van der Waals surface area contributed by atoms with E-state index in [4.69, 9.17) is 16.2 Å². The van der Waals surface area contributed by atoms with E-state index in [1.807, 2.05) is 25.1 Å². The molecular formula is C19H22N4O2S. The lowest BCUT2D eigenvalue weighted by Crippen LogP contribution is -2.40. The maximum atomic E-state index is 11.9. The Morgan fingerprint density at radius 2 is 2.12 bits per heavy atom. The third-order valence-corrected chi connectivity index (χ3v) is 5.86. The number of aryl methyl sites for hydroxylation is 1. The number of anilines is 1. The lowest BCUT2D eigenvalue weighted by Gasteiger charge is -2.28. The summed E-state index contributed by atoms with van der Waals surface area (Å²) in [6, 6.07) is 8.09. The van der Waals surface area contributed by atoms with Gasteiger partial charge in [0.2, 0.25) is 0 Å². The zero-order chi connectivity index (χ0) is 18.4. The molecule has 1 aliphatic carbocycles. The van der Waals surface area contributed by atoms with Gasteiger partial charge in [0.25, 0.3) is 0 Å². The number of methoxy groups -OCH3 is 1. The number of hydrogen-bond donors (Lipinski definition) is 3. The zero-order valence-corrected chi connectivity index (χ0v) is 15.7. The molecule has 0 saturated heterocycles. The number of rotatable bonds is 4. The SMILES string of the molecule is COc1cc(C2=C(N)N(C(N)=O)Cc3sc(NC4CC4)cc32)ccc1C. The number of urea groups is 1. The molecule has 0 bridgehead atoms. The van der Waals surface area contributed by atoms with Crippen molar-refractivity contribution in [3.8, 4) is 5.75 Å². The summed E-state index contributed by atoms with van der Waals surface area (Å²) in [5.41, 5.74) is 15.8. The maximum absolute atomic E-state index is 11.9. The fourth-order valence-electron chi connectivity index (χ4n) is 3.24. The summed E-state index contributed by atoms with van der Waals surface area (Å²) in [7, 11) is 1.65. The molecule has 2 heterocycles. The first-order chi connectivity index (χ1) is 12.5. The second-order valence-corrected chi connectivity index (χ2v) is 7.87. The molecule has 0 spiro atoms. The summed E-state index contributed by atoms with van der Waals surface area (Å²) in [6.45, 7) is 2.39. The van der Waals surface area contributed by atoms with Gasteiger partial charge in [-0.15, -0.1) is 11.3 Å². The summed E-state index contributed by atoms with van der Waals surface area (Å²) in [5.74, 6) is 1.17.